The van der Waals surface area contributed by atoms with Crippen molar-refractivity contribution in [1.82, 2.24) is 4.81 Å². The van der Waals surface area contributed by atoms with Crippen LogP contribution >= 0.6 is 0 Å². The Hall–Kier alpha value is -0.810. The van der Waals surface area contributed by atoms with Gasteiger partial charge in [-0.05, 0) is 77.4 Å². The van der Waals surface area contributed by atoms with Crippen molar-refractivity contribution in [2.75, 3.05) is 13.1 Å². The monoisotopic (exact) mass is 329 g/mol. The van der Waals surface area contributed by atoms with E-state index in [1.807, 2.05) is 6.82 Å². The van der Waals surface area contributed by atoms with Crippen LogP contribution in [-0.2, 0) is 9.31 Å². The number of hydrogen-bond donors (Lipinski definition) is 1. The Labute approximate surface area is 146 Å². The Morgan fingerprint density at radius 1 is 1.04 bits per heavy atom. The molecule has 2 saturated heterocycles. The van der Waals surface area contributed by atoms with E-state index in [0.29, 0.717) is 5.92 Å². The van der Waals surface area contributed by atoms with E-state index in [9.17, 15) is 5.02 Å². The molecule has 0 spiro atoms. The number of hydrogen-bond acceptors (Lipinski definition) is 4. The quantitative estimate of drug-likeness (QED) is 0.864. The molecule has 130 valence electrons. The van der Waals surface area contributed by atoms with E-state index in [1.54, 1.807) is 0 Å². The van der Waals surface area contributed by atoms with E-state index in [2.05, 4.69) is 56.8 Å². The number of benzene rings is 1. The van der Waals surface area contributed by atoms with Gasteiger partial charge in [-0.15, -0.1) is 0 Å². The van der Waals surface area contributed by atoms with Gasteiger partial charge in [0.1, 0.15) is 0 Å². The zero-order chi connectivity index (χ0) is 17.5. The molecule has 2 aliphatic rings. The largest absolute Gasteiger partial charge is 0.494 e. The van der Waals surface area contributed by atoms with Crippen molar-refractivity contribution in [3.63, 3.8) is 0 Å². The van der Waals surface area contributed by atoms with Crippen LogP contribution in [0.1, 0.15) is 52.0 Å². The lowest BCUT2D eigenvalue weighted by Gasteiger charge is -2.32. The molecule has 0 aromatic heterocycles. The number of nitrogens with zero attached hydrogens (tertiary/aromatic N) is 1. The molecule has 1 aromatic carbocycles. The van der Waals surface area contributed by atoms with Gasteiger partial charge in [-0.2, -0.15) is 0 Å². The van der Waals surface area contributed by atoms with Gasteiger partial charge in [-0.3, -0.25) is 0 Å². The van der Waals surface area contributed by atoms with Crippen molar-refractivity contribution in [2.45, 2.75) is 64.5 Å². The predicted octanol–water partition coefficient (Wildman–Crippen LogP) is 2.28. The highest BCUT2D eigenvalue weighted by molar-refractivity contribution is 6.62. The maximum Gasteiger partial charge on any atom is 0.494 e. The molecule has 4 nitrogen and oxygen atoms in total. The van der Waals surface area contributed by atoms with Crippen LogP contribution in [0.3, 0.4) is 0 Å². The highest BCUT2D eigenvalue weighted by Crippen LogP contribution is 2.36. The van der Waals surface area contributed by atoms with Crippen molar-refractivity contribution in [3.8, 4) is 0 Å². The molecule has 1 N–H and O–H groups in total. The van der Waals surface area contributed by atoms with Crippen LogP contribution in [0.15, 0.2) is 24.3 Å². The Bertz CT molecular complexity index is 550. The molecule has 2 fully saturated rings. The van der Waals surface area contributed by atoms with E-state index < -0.39 is 0 Å². The third-order valence-corrected chi connectivity index (χ3v) is 5.99. The van der Waals surface area contributed by atoms with Crippen molar-refractivity contribution >= 4 is 19.6 Å². The van der Waals surface area contributed by atoms with E-state index in [-0.39, 0.29) is 25.4 Å². The zero-order valence-corrected chi connectivity index (χ0v) is 15.6. The molecular weight excluding hydrogens is 300 g/mol. The minimum atomic E-state index is -0.336. The van der Waals surface area contributed by atoms with Gasteiger partial charge in [0.25, 0.3) is 0 Å². The molecule has 0 radical (unpaired) electrons. The molecule has 1 aromatic rings. The molecule has 0 bridgehead atoms. The summed E-state index contributed by atoms with van der Waals surface area (Å²) in [6.07, 6.45) is 2.20. The van der Waals surface area contributed by atoms with E-state index >= 15 is 0 Å². The molecule has 0 aliphatic carbocycles. The summed E-state index contributed by atoms with van der Waals surface area (Å²) in [5.41, 5.74) is 1.85. The first-order valence-corrected chi connectivity index (χ1v) is 9.07. The molecule has 0 atom stereocenters. The lowest BCUT2D eigenvalue weighted by atomic mass is 9.76. The average Bonchev–Trinajstić information content (AvgIpc) is 2.76. The summed E-state index contributed by atoms with van der Waals surface area (Å²) in [6.45, 7) is 12.1. The maximum absolute atomic E-state index is 9.67. The Morgan fingerprint density at radius 3 is 2.00 bits per heavy atom. The molecular formula is C18H29B2NO3. The van der Waals surface area contributed by atoms with Gasteiger partial charge in [-0.1, -0.05) is 24.3 Å². The topological polar surface area (TPSA) is 41.9 Å². The van der Waals surface area contributed by atoms with Crippen LogP contribution in [-0.4, -0.2) is 48.3 Å². The zero-order valence-electron chi connectivity index (χ0n) is 15.6. The third kappa shape index (κ3) is 3.43. The molecule has 3 rings (SSSR count). The number of piperidine rings is 1. The van der Waals surface area contributed by atoms with Crippen molar-refractivity contribution in [1.29, 1.82) is 0 Å². The Balaban J connectivity index is 1.65. The fourth-order valence-corrected chi connectivity index (χ4v) is 3.51. The van der Waals surface area contributed by atoms with E-state index in [1.165, 1.54) is 5.56 Å². The summed E-state index contributed by atoms with van der Waals surface area (Å²) in [6, 6.07) is 8.70. The van der Waals surface area contributed by atoms with Gasteiger partial charge in [0.2, 0.25) is 0 Å². The summed E-state index contributed by atoms with van der Waals surface area (Å²) in [7, 11) is -0.627. The second kappa shape index (κ2) is 6.49. The standard InChI is InChI=1S/C18H29B2NO3/c1-17(2)18(3,4)24-20(23-17)16-8-6-14(7-9-16)15-10-12-21(13-11-15)19(5)22/h6-9,15,22H,10-13H2,1-5H3. The smallest absolute Gasteiger partial charge is 0.437 e. The van der Waals surface area contributed by atoms with Crippen LogP contribution in [0.5, 0.6) is 0 Å². The van der Waals surface area contributed by atoms with Crippen LogP contribution in [0.4, 0.5) is 0 Å². The maximum atomic E-state index is 9.67. The molecule has 24 heavy (non-hydrogen) atoms. The lowest BCUT2D eigenvalue weighted by molar-refractivity contribution is 0.00578. The summed E-state index contributed by atoms with van der Waals surface area (Å²) >= 11 is 0. The predicted molar refractivity (Wildman–Crippen MR) is 99.5 cm³/mol. The summed E-state index contributed by atoms with van der Waals surface area (Å²) in [5.74, 6) is 0.576. The van der Waals surface area contributed by atoms with Gasteiger partial charge in [0.15, 0.2) is 0 Å². The molecule has 0 amide bonds. The first kappa shape index (κ1) is 18.0. The van der Waals surface area contributed by atoms with Crippen LogP contribution in [0, 0.1) is 0 Å². The highest BCUT2D eigenvalue weighted by Gasteiger charge is 2.51. The minimum Gasteiger partial charge on any atom is -0.437 e. The van der Waals surface area contributed by atoms with E-state index in [0.717, 1.165) is 31.4 Å². The first-order chi connectivity index (χ1) is 11.2. The van der Waals surface area contributed by atoms with Crippen molar-refractivity contribution in [3.05, 3.63) is 29.8 Å². The molecule has 2 heterocycles. The normalized spacial score (nSPS) is 24.3. The number of rotatable bonds is 3. The minimum absolute atomic E-state index is 0.291. The van der Waals surface area contributed by atoms with Gasteiger partial charge >= 0.3 is 14.2 Å². The fraction of sp³-hybridized carbons (Fsp3) is 0.667. The van der Waals surface area contributed by atoms with E-state index in [4.69, 9.17) is 9.31 Å². The van der Waals surface area contributed by atoms with Crippen LogP contribution in [0.2, 0.25) is 6.82 Å². The van der Waals surface area contributed by atoms with Crippen molar-refractivity contribution < 1.29 is 14.3 Å². The van der Waals surface area contributed by atoms with Gasteiger partial charge in [0.05, 0.1) is 11.2 Å². The molecule has 0 saturated carbocycles. The molecule has 0 unspecified atom stereocenters. The van der Waals surface area contributed by atoms with Gasteiger partial charge < -0.3 is 19.1 Å². The summed E-state index contributed by atoms with van der Waals surface area (Å²) in [4.78, 5) is 2.13. The van der Waals surface area contributed by atoms with Crippen molar-refractivity contribution in [2.24, 2.45) is 0 Å². The third-order valence-electron chi connectivity index (χ3n) is 5.99. The summed E-state index contributed by atoms with van der Waals surface area (Å²) in [5, 5.41) is 9.67. The Kier molecular flexibility index (Phi) is 4.86. The highest BCUT2D eigenvalue weighted by atomic mass is 16.7. The lowest BCUT2D eigenvalue weighted by Crippen LogP contribution is -2.42. The second-order valence-corrected chi connectivity index (χ2v) is 8.20. The fourth-order valence-electron chi connectivity index (χ4n) is 3.51. The molecule has 6 heteroatoms. The van der Waals surface area contributed by atoms with Gasteiger partial charge in [-0.25, -0.2) is 0 Å². The Morgan fingerprint density at radius 2 is 1.54 bits per heavy atom. The van der Waals surface area contributed by atoms with Crippen LogP contribution in [0.25, 0.3) is 0 Å². The molecule has 2 aliphatic heterocycles. The first-order valence-electron chi connectivity index (χ1n) is 9.07. The van der Waals surface area contributed by atoms with Gasteiger partial charge in [0, 0.05) is 0 Å². The average molecular weight is 329 g/mol. The SMILES string of the molecule is CB(O)N1CCC(c2ccc(B3OC(C)(C)C(C)(C)O3)cc2)CC1. The second-order valence-electron chi connectivity index (χ2n) is 8.20. The summed E-state index contributed by atoms with van der Waals surface area (Å²) < 4.78 is 12.2. The van der Waals surface area contributed by atoms with Crippen LogP contribution < -0.4 is 5.46 Å².